The van der Waals surface area contributed by atoms with E-state index in [-0.39, 0.29) is 38.6 Å². The standard InChI is InChI=1S/C11H23N3O10S/c15-10(21-4-1-2-6-23-13(17)18)9(8-25)12-11(16)22-5-3-7-24-14(19)20/h9,17-20,25H,1-8H2,(H,12,16). The maximum absolute atomic E-state index is 11.8. The SMILES string of the molecule is O=C(NC(CS)C(=O)OCCCCON(O)O)OCCCON(O)O. The molecule has 0 rings (SSSR count). The number of carbonyl (C=O) groups is 2. The van der Waals surface area contributed by atoms with Crippen LogP contribution in [0.15, 0.2) is 0 Å². The molecule has 0 aliphatic carbocycles. The van der Waals surface area contributed by atoms with Gasteiger partial charge in [-0.25, -0.2) is 9.59 Å². The second-order valence-corrected chi connectivity index (χ2v) is 4.78. The Kier molecular flexibility index (Phi) is 14.3. The quantitative estimate of drug-likeness (QED) is 0.0997. The molecule has 25 heavy (non-hydrogen) atoms. The number of unbranched alkanes of at least 4 members (excludes halogenated alkanes) is 1. The summed E-state index contributed by atoms with van der Waals surface area (Å²) in [6, 6.07) is -1.00. The van der Waals surface area contributed by atoms with E-state index in [2.05, 4.69) is 27.6 Å². The molecule has 0 fully saturated rings. The molecule has 0 aliphatic rings. The van der Waals surface area contributed by atoms with E-state index in [4.69, 9.17) is 30.3 Å². The summed E-state index contributed by atoms with van der Waals surface area (Å²) in [6.07, 6.45) is 0.158. The van der Waals surface area contributed by atoms with Crippen LogP contribution >= 0.6 is 12.6 Å². The molecule has 0 heterocycles. The summed E-state index contributed by atoms with van der Waals surface area (Å²) in [5, 5.41) is 34.5. The van der Waals surface area contributed by atoms with Crippen LogP contribution in [0.5, 0.6) is 0 Å². The van der Waals surface area contributed by atoms with Crippen LogP contribution in [0.3, 0.4) is 0 Å². The van der Waals surface area contributed by atoms with Gasteiger partial charge in [0.25, 0.3) is 0 Å². The first-order valence-corrected chi connectivity index (χ1v) is 7.82. The zero-order valence-corrected chi connectivity index (χ0v) is 14.2. The van der Waals surface area contributed by atoms with E-state index < -0.39 is 28.9 Å². The first-order chi connectivity index (χ1) is 11.9. The molecule has 1 atom stereocenters. The maximum atomic E-state index is 11.8. The summed E-state index contributed by atoms with van der Waals surface area (Å²) in [5.41, 5.74) is 0. The first kappa shape index (κ1) is 23.8. The van der Waals surface area contributed by atoms with Gasteiger partial charge in [-0.1, -0.05) is 0 Å². The third kappa shape index (κ3) is 14.8. The van der Waals surface area contributed by atoms with Gasteiger partial charge in [0.05, 0.1) is 37.2 Å². The summed E-state index contributed by atoms with van der Waals surface area (Å²) in [7, 11) is 0. The topological polar surface area (TPSA) is 170 Å². The number of nitrogens with one attached hydrogen (secondary N) is 1. The number of rotatable bonds is 14. The Balaban J connectivity index is 3.82. The van der Waals surface area contributed by atoms with Gasteiger partial charge in [0, 0.05) is 12.2 Å². The molecule has 0 aliphatic heterocycles. The van der Waals surface area contributed by atoms with Gasteiger partial charge >= 0.3 is 12.1 Å². The van der Waals surface area contributed by atoms with Crippen LogP contribution in [0.25, 0.3) is 0 Å². The third-order valence-corrected chi connectivity index (χ3v) is 2.84. The lowest BCUT2D eigenvalue weighted by atomic mass is 10.3. The Morgan fingerprint density at radius 3 is 1.96 bits per heavy atom. The molecule has 5 N–H and O–H groups in total. The Morgan fingerprint density at radius 1 is 0.880 bits per heavy atom. The van der Waals surface area contributed by atoms with Crippen LogP contribution in [0, 0.1) is 0 Å². The smallest absolute Gasteiger partial charge is 0.407 e. The Bertz CT molecular complexity index is 374. The van der Waals surface area contributed by atoms with Crippen molar-refractivity contribution in [2.45, 2.75) is 25.3 Å². The molecule has 0 aromatic heterocycles. The van der Waals surface area contributed by atoms with E-state index in [1.165, 1.54) is 0 Å². The summed E-state index contributed by atoms with van der Waals surface area (Å²) in [4.78, 5) is 31.8. The van der Waals surface area contributed by atoms with Crippen molar-refractivity contribution in [2.75, 3.05) is 32.2 Å². The van der Waals surface area contributed by atoms with Crippen LogP contribution in [0.1, 0.15) is 19.3 Å². The number of amides is 1. The van der Waals surface area contributed by atoms with Crippen molar-refractivity contribution in [3.05, 3.63) is 0 Å². The van der Waals surface area contributed by atoms with E-state index in [0.29, 0.717) is 12.8 Å². The van der Waals surface area contributed by atoms with E-state index >= 15 is 0 Å². The van der Waals surface area contributed by atoms with Crippen molar-refractivity contribution in [1.29, 1.82) is 0 Å². The molecule has 14 heteroatoms. The molecule has 1 amide bonds. The van der Waals surface area contributed by atoms with Crippen molar-refractivity contribution >= 4 is 24.7 Å². The van der Waals surface area contributed by atoms with Gasteiger partial charge in [-0.3, -0.25) is 30.5 Å². The van der Waals surface area contributed by atoms with Crippen molar-refractivity contribution in [3.63, 3.8) is 0 Å². The molecule has 148 valence electrons. The molecule has 1 unspecified atom stereocenters. The normalized spacial score (nSPS) is 12.3. The molecular weight excluding hydrogens is 366 g/mol. The molecule has 0 saturated heterocycles. The van der Waals surface area contributed by atoms with Crippen molar-refractivity contribution < 1.29 is 49.6 Å². The van der Waals surface area contributed by atoms with Crippen LogP contribution < -0.4 is 5.32 Å². The van der Waals surface area contributed by atoms with Crippen molar-refractivity contribution in [3.8, 4) is 0 Å². The highest BCUT2D eigenvalue weighted by molar-refractivity contribution is 7.80. The van der Waals surface area contributed by atoms with E-state index in [0.717, 1.165) is 0 Å². The van der Waals surface area contributed by atoms with Crippen molar-refractivity contribution in [2.24, 2.45) is 0 Å². The summed E-state index contributed by atoms with van der Waals surface area (Å²) in [5.74, 6) is -0.702. The number of alkyl carbamates (subject to hydrolysis) is 1. The van der Waals surface area contributed by atoms with E-state index in [1.54, 1.807) is 0 Å². The lowest BCUT2D eigenvalue weighted by Crippen LogP contribution is -2.43. The minimum atomic E-state index is -1.00. The predicted octanol–water partition coefficient (Wildman–Crippen LogP) is -0.251. The average Bonchev–Trinajstić information content (AvgIpc) is 2.54. The fourth-order valence-electron chi connectivity index (χ4n) is 1.36. The Hall–Kier alpha value is -1.23. The highest BCUT2D eigenvalue weighted by atomic mass is 32.1. The van der Waals surface area contributed by atoms with Crippen LogP contribution in [-0.2, 0) is 23.9 Å². The van der Waals surface area contributed by atoms with Crippen LogP contribution in [0.4, 0.5) is 4.79 Å². The fraction of sp³-hybridized carbons (Fsp3) is 0.818. The van der Waals surface area contributed by atoms with Gasteiger partial charge < -0.3 is 14.8 Å². The number of thiol groups is 1. The number of ether oxygens (including phenoxy) is 2. The predicted molar refractivity (Wildman–Crippen MR) is 79.7 cm³/mol. The molecule has 13 nitrogen and oxygen atoms in total. The summed E-state index contributed by atoms with van der Waals surface area (Å²) in [6.45, 7) is -0.0809. The minimum Gasteiger partial charge on any atom is -0.464 e. The van der Waals surface area contributed by atoms with Gasteiger partial charge in [-0.2, -0.15) is 12.6 Å². The number of hydrogen-bond acceptors (Lipinski definition) is 13. The van der Waals surface area contributed by atoms with Gasteiger partial charge in [-0.05, 0) is 12.8 Å². The second-order valence-electron chi connectivity index (χ2n) is 4.42. The second kappa shape index (κ2) is 15.1. The summed E-state index contributed by atoms with van der Waals surface area (Å²) >= 11 is 3.94. The van der Waals surface area contributed by atoms with Gasteiger partial charge in [-0.15, -0.1) is 0 Å². The number of carbonyl (C=O) groups excluding carboxylic acids is 2. The number of nitrogens with zero attached hydrogens (tertiary/aromatic N) is 2. The van der Waals surface area contributed by atoms with Crippen LogP contribution in [0.2, 0.25) is 0 Å². The van der Waals surface area contributed by atoms with E-state index in [9.17, 15) is 9.59 Å². The molecule has 0 aromatic rings. The maximum Gasteiger partial charge on any atom is 0.407 e. The molecule has 0 bridgehead atoms. The third-order valence-electron chi connectivity index (χ3n) is 2.48. The van der Waals surface area contributed by atoms with Gasteiger partial charge in [0.1, 0.15) is 6.04 Å². The lowest BCUT2D eigenvalue weighted by molar-refractivity contribution is -0.492. The monoisotopic (exact) mass is 389 g/mol. The Morgan fingerprint density at radius 2 is 1.40 bits per heavy atom. The number of hydrogen-bond donors (Lipinski definition) is 6. The minimum absolute atomic E-state index is 0.00583. The largest absolute Gasteiger partial charge is 0.464 e. The zero-order chi connectivity index (χ0) is 19.1. The van der Waals surface area contributed by atoms with Crippen LogP contribution in [-0.4, -0.2) is 81.9 Å². The molecular formula is C11H23N3O10S. The lowest BCUT2D eigenvalue weighted by Gasteiger charge is -2.15. The molecule has 0 saturated carbocycles. The zero-order valence-electron chi connectivity index (χ0n) is 13.3. The number of esters is 1. The van der Waals surface area contributed by atoms with Gasteiger partial charge in [0.2, 0.25) is 0 Å². The summed E-state index contributed by atoms with van der Waals surface area (Å²) < 4.78 is 9.70. The molecule has 0 aromatic carbocycles. The van der Waals surface area contributed by atoms with E-state index in [1.807, 2.05) is 0 Å². The molecule has 0 radical (unpaired) electrons. The fourth-order valence-corrected chi connectivity index (χ4v) is 1.60. The highest BCUT2D eigenvalue weighted by Crippen LogP contribution is 1.98. The molecule has 0 spiro atoms. The Labute approximate surface area is 148 Å². The first-order valence-electron chi connectivity index (χ1n) is 7.19. The van der Waals surface area contributed by atoms with Crippen molar-refractivity contribution in [1.82, 2.24) is 16.1 Å². The highest BCUT2D eigenvalue weighted by Gasteiger charge is 2.21. The average molecular weight is 389 g/mol. The van der Waals surface area contributed by atoms with Gasteiger partial charge in [0.15, 0.2) is 0 Å².